The summed E-state index contributed by atoms with van der Waals surface area (Å²) in [5, 5.41) is 15.2. The van der Waals surface area contributed by atoms with E-state index >= 15 is 0 Å². The van der Waals surface area contributed by atoms with Crippen molar-refractivity contribution in [2.75, 3.05) is 26.2 Å². The molecule has 0 heterocycles. The fourth-order valence-corrected chi connectivity index (χ4v) is 3.63. The van der Waals surface area contributed by atoms with Gasteiger partial charge in [-0.1, -0.05) is 44.7 Å². The number of alkyl carbamates (subject to hydrolysis) is 1. The number of rotatable bonds is 15. The molecule has 0 saturated heterocycles. The van der Waals surface area contributed by atoms with Crippen molar-refractivity contribution < 1.29 is 33.8 Å². The predicted octanol–water partition coefficient (Wildman–Crippen LogP) is 3.83. The van der Waals surface area contributed by atoms with Crippen LogP contribution in [0.5, 0.6) is 5.75 Å². The number of phenols is 1. The normalized spacial score (nSPS) is 11.8. The van der Waals surface area contributed by atoms with Gasteiger partial charge in [0.2, 0.25) is 11.8 Å². The average Bonchev–Trinajstić information content (AvgIpc) is 2.80. The lowest BCUT2D eigenvalue weighted by atomic mass is 10.0. The summed E-state index contributed by atoms with van der Waals surface area (Å²) >= 11 is 0. The van der Waals surface area contributed by atoms with Crippen molar-refractivity contribution in [3.8, 4) is 5.75 Å². The molecular formula is C27H43N3O7. The van der Waals surface area contributed by atoms with E-state index in [0.717, 1.165) is 25.7 Å². The maximum absolute atomic E-state index is 13.4. The summed E-state index contributed by atoms with van der Waals surface area (Å²) in [7, 11) is 0. The number of unbranched alkanes of at least 4 members (excludes halogenated alkanes) is 4. The van der Waals surface area contributed by atoms with Gasteiger partial charge in [0, 0.05) is 13.1 Å². The Kier molecular flexibility index (Phi) is 14.1. The molecule has 0 bridgehead atoms. The SMILES string of the molecule is CCCCCCCN(C(=O)CNC(=O)OC(C)(C)C)C(C(=O)NCCC(=O)OCC)c1cccc(O)c1. The lowest BCUT2D eigenvalue weighted by Crippen LogP contribution is -2.48. The van der Waals surface area contributed by atoms with Gasteiger partial charge < -0.3 is 30.1 Å². The Morgan fingerprint density at radius 2 is 1.73 bits per heavy atom. The smallest absolute Gasteiger partial charge is 0.408 e. The number of esters is 1. The van der Waals surface area contributed by atoms with Crippen molar-refractivity contribution in [3.63, 3.8) is 0 Å². The summed E-state index contributed by atoms with van der Waals surface area (Å²) < 4.78 is 10.1. The van der Waals surface area contributed by atoms with Gasteiger partial charge in [0.1, 0.15) is 23.9 Å². The van der Waals surface area contributed by atoms with E-state index in [1.165, 1.54) is 17.0 Å². The highest BCUT2D eigenvalue weighted by molar-refractivity contribution is 5.90. The second-order valence-electron chi connectivity index (χ2n) is 9.70. The van der Waals surface area contributed by atoms with Crippen LogP contribution in [0.3, 0.4) is 0 Å². The minimum Gasteiger partial charge on any atom is -0.508 e. The molecule has 1 atom stereocenters. The molecule has 1 rings (SSSR count). The van der Waals surface area contributed by atoms with E-state index in [9.17, 15) is 24.3 Å². The predicted molar refractivity (Wildman–Crippen MR) is 140 cm³/mol. The number of aromatic hydroxyl groups is 1. The molecule has 208 valence electrons. The van der Waals surface area contributed by atoms with Crippen LogP contribution in [-0.4, -0.2) is 65.7 Å². The first kappa shape index (κ1) is 31.7. The Hall–Kier alpha value is -3.30. The summed E-state index contributed by atoms with van der Waals surface area (Å²) in [4.78, 5) is 51.9. The van der Waals surface area contributed by atoms with E-state index in [4.69, 9.17) is 9.47 Å². The summed E-state index contributed by atoms with van der Waals surface area (Å²) in [6.45, 7) is 9.13. The summed E-state index contributed by atoms with van der Waals surface area (Å²) in [6, 6.07) is 5.06. The van der Waals surface area contributed by atoms with Gasteiger partial charge in [-0.2, -0.15) is 0 Å². The van der Waals surface area contributed by atoms with E-state index in [-0.39, 0.29) is 38.4 Å². The number of carbonyl (C=O) groups is 4. The molecule has 1 unspecified atom stereocenters. The molecule has 37 heavy (non-hydrogen) atoms. The molecule has 0 aliphatic carbocycles. The van der Waals surface area contributed by atoms with E-state index in [1.807, 2.05) is 0 Å². The zero-order valence-electron chi connectivity index (χ0n) is 22.8. The summed E-state index contributed by atoms with van der Waals surface area (Å²) in [6.07, 6.45) is 3.90. The van der Waals surface area contributed by atoms with Crippen LogP contribution in [0.4, 0.5) is 4.79 Å². The first-order valence-electron chi connectivity index (χ1n) is 13.0. The molecule has 3 N–H and O–H groups in total. The van der Waals surface area contributed by atoms with Crippen LogP contribution in [0.15, 0.2) is 24.3 Å². The fourth-order valence-electron chi connectivity index (χ4n) is 3.63. The number of nitrogens with zero attached hydrogens (tertiary/aromatic N) is 1. The van der Waals surface area contributed by atoms with Crippen LogP contribution in [0.2, 0.25) is 0 Å². The average molecular weight is 522 g/mol. The Bertz CT molecular complexity index is 883. The van der Waals surface area contributed by atoms with Crippen LogP contribution < -0.4 is 10.6 Å². The maximum atomic E-state index is 13.4. The van der Waals surface area contributed by atoms with Crippen molar-refractivity contribution in [1.29, 1.82) is 0 Å². The van der Waals surface area contributed by atoms with E-state index < -0.39 is 35.5 Å². The molecule has 0 fully saturated rings. The number of amides is 3. The van der Waals surface area contributed by atoms with Crippen molar-refractivity contribution in [2.24, 2.45) is 0 Å². The Morgan fingerprint density at radius 3 is 2.35 bits per heavy atom. The maximum Gasteiger partial charge on any atom is 0.408 e. The van der Waals surface area contributed by atoms with Gasteiger partial charge in [-0.15, -0.1) is 0 Å². The minimum atomic E-state index is -1.08. The Morgan fingerprint density at radius 1 is 1.03 bits per heavy atom. The third kappa shape index (κ3) is 13.0. The molecule has 0 spiro atoms. The van der Waals surface area contributed by atoms with Gasteiger partial charge in [0.25, 0.3) is 0 Å². The van der Waals surface area contributed by atoms with Gasteiger partial charge in [0.15, 0.2) is 0 Å². The highest BCUT2D eigenvalue weighted by Gasteiger charge is 2.32. The molecule has 1 aromatic carbocycles. The first-order valence-corrected chi connectivity index (χ1v) is 13.0. The number of hydrogen-bond donors (Lipinski definition) is 3. The second-order valence-corrected chi connectivity index (χ2v) is 9.70. The zero-order chi connectivity index (χ0) is 27.8. The van der Waals surface area contributed by atoms with Crippen LogP contribution in [0, 0.1) is 0 Å². The van der Waals surface area contributed by atoms with Crippen molar-refractivity contribution >= 4 is 23.9 Å². The molecule has 1 aromatic rings. The molecular weight excluding hydrogens is 478 g/mol. The number of carbonyl (C=O) groups excluding carboxylic acids is 4. The van der Waals surface area contributed by atoms with Crippen molar-refractivity contribution in [3.05, 3.63) is 29.8 Å². The molecule has 10 nitrogen and oxygen atoms in total. The van der Waals surface area contributed by atoms with Crippen LogP contribution in [0.25, 0.3) is 0 Å². The lowest BCUT2D eigenvalue weighted by molar-refractivity contribution is -0.143. The summed E-state index contributed by atoms with van der Waals surface area (Å²) in [5.41, 5.74) is -0.317. The highest BCUT2D eigenvalue weighted by Crippen LogP contribution is 2.25. The highest BCUT2D eigenvalue weighted by atomic mass is 16.6. The van der Waals surface area contributed by atoms with Gasteiger partial charge in [-0.3, -0.25) is 14.4 Å². The zero-order valence-corrected chi connectivity index (χ0v) is 22.8. The number of phenolic OH excluding ortho intramolecular Hbond substituents is 1. The Balaban J connectivity index is 3.14. The molecule has 0 aromatic heterocycles. The number of benzene rings is 1. The van der Waals surface area contributed by atoms with Crippen LogP contribution in [-0.2, 0) is 23.9 Å². The van der Waals surface area contributed by atoms with Gasteiger partial charge in [-0.05, 0) is 51.8 Å². The molecule has 0 aliphatic heterocycles. The number of hydrogen-bond acceptors (Lipinski definition) is 7. The topological polar surface area (TPSA) is 134 Å². The van der Waals surface area contributed by atoms with Crippen molar-refractivity contribution in [1.82, 2.24) is 15.5 Å². The molecule has 0 aliphatic rings. The van der Waals surface area contributed by atoms with Crippen LogP contribution in [0.1, 0.15) is 84.7 Å². The minimum absolute atomic E-state index is 0.0164. The molecule has 0 saturated carbocycles. The monoisotopic (exact) mass is 521 g/mol. The fraction of sp³-hybridized carbons (Fsp3) is 0.630. The third-order valence-electron chi connectivity index (χ3n) is 5.29. The quantitative estimate of drug-likeness (QED) is 0.236. The van der Waals surface area contributed by atoms with E-state index in [1.54, 1.807) is 39.8 Å². The number of ether oxygens (including phenoxy) is 2. The second kappa shape index (κ2) is 16.4. The molecule has 3 amide bonds. The first-order chi connectivity index (χ1) is 17.5. The molecule has 10 heteroatoms. The van der Waals surface area contributed by atoms with Gasteiger partial charge in [-0.25, -0.2) is 4.79 Å². The third-order valence-corrected chi connectivity index (χ3v) is 5.29. The van der Waals surface area contributed by atoms with Crippen LogP contribution >= 0.6 is 0 Å². The number of nitrogens with one attached hydrogen (secondary N) is 2. The van der Waals surface area contributed by atoms with E-state index in [0.29, 0.717) is 12.0 Å². The lowest BCUT2D eigenvalue weighted by Gasteiger charge is -2.32. The van der Waals surface area contributed by atoms with Crippen molar-refractivity contribution in [2.45, 2.75) is 84.8 Å². The Labute approximate surface area is 220 Å². The largest absolute Gasteiger partial charge is 0.508 e. The molecule has 0 radical (unpaired) electrons. The summed E-state index contributed by atoms with van der Waals surface area (Å²) in [5.74, 6) is -1.48. The van der Waals surface area contributed by atoms with E-state index in [2.05, 4.69) is 17.6 Å². The standard InChI is InChI=1S/C27H43N3O7/c1-6-8-9-10-11-17-30(22(32)19-29-26(35)37-27(3,4)5)24(20-13-12-14-21(31)18-20)25(34)28-16-15-23(33)36-7-2/h12-14,18,24,31H,6-11,15-17,19H2,1-5H3,(H,28,34)(H,29,35). The van der Waals surface area contributed by atoms with Gasteiger partial charge in [0.05, 0.1) is 13.0 Å². The van der Waals surface area contributed by atoms with Gasteiger partial charge >= 0.3 is 12.1 Å².